The van der Waals surface area contributed by atoms with Gasteiger partial charge >= 0.3 is 12.4 Å². The molecule has 0 spiro atoms. The average molecular weight is 350 g/mol. The molecule has 1 unspecified atom stereocenters. The van der Waals surface area contributed by atoms with Crippen molar-refractivity contribution in [2.45, 2.75) is 96.5 Å². The number of aliphatic hydroxyl groups is 1. The summed E-state index contributed by atoms with van der Waals surface area (Å²) in [5.74, 6) is 0. The van der Waals surface area contributed by atoms with Gasteiger partial charge < -0.3 is 5.11 Å². The molecule has 0 aliphatic heterocycles. The molecule has 0 fully saturated rings. The van der Waals surface area contributed by atoms with Crippen molar-refractivity contribution >= 4 is 0 Å². The predicted octanol–water partition coefficient (Wildman–Crippen LogP) is 6.40. The zero-order chi connectivity index (χ0) is 18.4. The number of rotatable bonds is 10. The Balaban J connectivity index is 5.29. The molecule has 0 amide bonds. The molecule has 140 valence electrons. The van der Waals surface area contributed by atoms with Gasteiger partial charge in [0.2, 0.25) is 0 Å². The molecule has 0 bridgehead atoms. The van der Waals surface area contributed by atoms with E-state index in [1.54, 1.807) is 0 Å². The second-order valence-corrected chi connectivity index (χ2v) is 6.76. The SMILES string of the molecule is CCCCCCC(C)(CCCC)CC(O)(C(F)(F)F)C(F)(F)F. The van der Waals surface area contributed by atoms with Crippen LogP contribution >= 0.6 is 0 Å². The van der Waals surface area contributed by atoms with E-state index in [0.29, 0.717) is 19.3 Å². The van der Waals surface area contributed by atoms with E-state index in [4.69, 9.17) is 0 Å². The Morgan fingerprint density at radius 1 is 0.696 bits per heavy atom. The Hall–Kier alpha value is -0.460. The molecule has 23 heavy (non-hydrogen) atoms. The van der Waals surface area contributed by atoms with E-state index < -0.39 is 29.8 Å². The maximum absolute atomic E-state index is 12.9. The smallest absolute Gasteiger partial charge is 0.374 e. The van der Waals surface area contributed by atoms with Gasteiger partial charge in [-0.25, -0.2) is 0 Å². The van der Waals surface area contributed by atoms with Crippen LogP contribution in [0.5, 0.6) is 0 Å². The van der Waals surface area contributed by atoms with Crippen molar-refractivity contribution < 1.29 is 31.4 Å². The third kappa shape index (κ3) is 6.51. The van der Waals surface area contributed by atoms with Gasteiger partial charge in [-0.15, -0.1) is 0 Å². The van der Waals surface area contributed by atoms with E-state index in [2.05, 4.69) is 0 Å². The highest BCUT2D eigenvalue weighted by Crippen LogP contribution is 2.51. The minimum absolute atomic E-state index is 0.240. The summed E-state index contributed by atoms with van der Waals surface area (Å²) >= 11 is 0. The standard InChI is InChI=1S/C16H28F6O/c1-4-6-8-9-11-13(3,10-7-5-2)12-14(23,15(17,18)19)16(20,21)22/h23H,4-12H2,1-3H3. The molecular formula is C16H28F6O. The summed E-state index contributed by atoms with van der Waals surface area (Å²) in [4.78, 5) is 0. The van der Waals surface area contributed by atoms with Crippen LogP contribution in [0, 0.1) is 5.41 Å². The Kier molecular flexibility index (Phi) is 8.41. The highest BCUT2D eigenvalue weighted by molar-refractivity contribution is 4.98. The van der Waals surface area contributed by atoms with Gasteiger partial charge in [-0.2, -0.15) is 26.3 Å². The lowest BCUT2D eigenvalue weighted by atomic mass is 9.71. The molecule has 0 rings (SSSR count). The fourth-order valence-electron chi connectivity index (χ4n) is 2.86. The number of hydrogen-bond donors (Lipinski definition) is 1. The number of alkyl halides is 6. The highest BCUT2D eigenvalue weighted by Gasteiger charge is 2.71. The topological polar surface area (TPSA) is 20.2 Å². The summed E-state index contributed by atoms with van der Waals surface area (Å²) in [6.07, 6.45) is -7.92. The second kappa shape index (κ2) is 8.58. The van der Waals surface area contributed by atoms with Crippen molar-refractivity contribution in [2.24, 2.45) is 5.41 Å². The van der Waals surface area contributed by atoms with Gasteiger partial charge in [0.05, 0.1) is 0 Å². The van der Waals surface area contributed by atoms with Crippen LogP contribution in [0.3, 0.4) is 0 Å². The molecule has 0 aromatic carbocycles. The second-order valence-electron chi connectivity index (χ2n) is 6.76. The largest absolute Gasteiger partial charge is 0.426 e. The average Bonchev–Trinajstić information content (AvgIpc) is 2.39. The number of halogens is 6. The summed E-state index contributed by atoms with van der Waals surface area (Å²) in [5, 5.41) is 9.47. The third-order valence-electron chi connectivity index (χ3n) is 4.39. The van der Waals surface area contributed by atoms with Crippen molar-refractivity contribution in [3.8, 4) is 0 Å². The Labute approximate surface area is 134 Å². The minimum atomic E-state index is -5.73. The molecule has 0 aliphatic carbocycles. The van der Waals surface area contributed by atoms with Gasteiger partial charge in [-0.05, 0) is 24.7 Å². The number of unbranched alkanes of at least 4 members (excludes halogenated alkanes) is 4. The Morgan fingerprint density at radius 2 is 1.13 bits per heavy atom. The molecule has 0 saturated carbocycles. The third-order valence-corrected chi connectivity index (χ3v) is 4.39. The summed E-state index contributed by atoms with van der Waals surface area (Å²) < 4.78 is 77.6. The van der Waals surface area contributed by atoms with Crippen molar-refractivity contribution in [1.29, 1.82) is 0 Å². The first kappa shape index (κ1) is 22.5. The zero-order valence-corrected chi connectivity index (χ0v) is 14.1. The summed E-state index contributed by atoms with van der Waals surface area (Å²) in [6.45, 7) is 5.23. The van der Waals surface area contributed by atoms with Crippen molar-refractivity contribution in [2.75, 3.05) is 0 Å². The van der Waals surface area contributed by atoms with Crippen LogP contribution in [-0.4, -0.2) is 23.1 Å². The van der Waals surface area contributed by atoms with Gasteiger partial charge in [0.25, 0.3) is 5.60 Å². The maximum Gasteiger partial charge on any atom is 0.426 e. The fraction of sp³-hybridized carbons (Fsp3) is 1.00. The van der Waals surface area contributed by atoms with Gasteiger partial charge in [0.1, 0.15) is 0 Å². The van der Waals surface area contributed by atoms with Gasteiger partial charge in [0, 0.05) is 0 Å². The van der Waals surface area contributed by atoms with E-state index in [1.807, 2.05) is 13.8 Å². The highest BCUT2D eigenvalue weighted by atomic mass is 19.4. The lowest BCUT2D eigenvalue weighted by molar-refractivity contribution is -0.376. The maximum atomic E-state index is 12.9. The van der Waals surface area contributed by atoms with E-state index >= 15 is 0 Å². The van der Waals surface area contributed by atoms with Crippen molar-refractivity contribution in [3.05, 3.63) is 0 Å². The number of hydrogen-bond acceptors (Lipinski definition) is 1. The van der Waals surface area contributed by atoms with Gasteiger partial charge in [0.15, 0.2) is 0 Å². The summed E-state index contributed by atoms with van der Waals surface area (Å²) in [7, 11) is 0. The van der Waals surface area contributed by atoms with Crippen LogP contribution < -0.4 is 0 Å². The van der Waals surface area contributed by atoms with Crippen molar-refractivity contribution in [3.63, 3.8) is 0 Å². The summed E-state index contributed by atoms with van der Waals surface area (Å²) in [6, 6.07) is 0. The lowest BCUT2D eigenvalue weighted by Crippen LogP contribution is -2.59. The lowest BCUT2D eigenvalue weighted by Gasteiger charge is -2.40. The molecule has 0 aromatic rings. The van der Waals surface area contributed by atoms with E-state index in [1.165, 1.54) is 6.92 Å². The van der Waals surface area contributed by atoms with Gasteiger partial charge in [-0.1, -0.05) is 59.3 Å². The first-order valence-corrected chi connectivity index (χ1v) is 8.19. The van der Waals surface area contributed by atoms with Crippen LogP contribution in [-0.2, 0) is 0 Å². The van der Waals surface area contributed by atoms with E-state index in [0.717, 1.165) is 19.3 Å². The molecule has 1 nitrogen and oxygen atoms in total. The van der Waals surface area contributed by atoms with Crippen LogP contribution in [0.2, 0.25) is 0 Å². The quantitative estimate of drug-likeness (QED) is 0.357. The van der Waals surface area contributed by atoms with E-state index in [-0.39, 0.29) is 12.8 Å². The van der Waals surface area contributed by atoms with Crippen LogP contribution in [0.1, 0.15) is 78.6 Å². The molecule has 0 heterocycles. The molecule has 0 radical (unpaired) electrons. The molecule has 1 atom stereocenters. The van der Waals surface area contributed by atoms with Crippen LogP contribution in [0.25, 0.3) is 0 Å². The monoisotopic (exact) mass is 350 g/mol. The van der Waals surface area contributed by atoms with Gasteiger partial charge in [-0.3, -0.25) is 0 Å². The first-order valence-electron chi connectivity index (χ1n) is 8.19. The molecule has 0 aromatic heterocycles. The molecular weight excluding hydrogens is 322 g/mol. The molecule has 1 N–H and O–H groups in total. The Morgan fingerprint density at radius 3 is 1.52 bits per heavy atom. The molecule has 0 saturated heterocycles. The normalized spacial score (nSPS) is 16.4. The van der Waals surface area contributed by atoms with Crippen LogP contribution in [0.15, 0.2) is 0 Å². The van der Waals surface area contributed by atoms with Crippen LogP contribution in [0.4, 0.5) is 26.3 Å². The van der Waals surface area contributed by atoms with Crippen molar-refractivity contribution in [1.82, 2.24) is 0 Å². The van der Waals surface area contributed by atoms with E-state index in [9.17, 15) is 31.4 Å². The predicted molar refractivity (Wildman–Crippen MR) is 78.1 cm³/mol. The zero-order valence-electron chi connectivity index (χ0n) is 14.1. The first-order chi connectivity index (χ1) is 10.3. The minimum Gasteiger partial charge on any atom is -0.374 e. The Bertz CT molecular complexity index is 322. The molecule has 0 aliphatic rings. The molecule has 7 heteroatoms. The summed E-state index contributed by atoms with van der Waals surface area (Å²) in [5.41, 5.74) is -5.84. The fourth-order valence-corrected chi connectivity index (χ4v) is 2.86.